The Morgan fingerprint density at radius 3 is 2.38 bits per heavy atom. The quantitative estimate of drug-likeness (QED) is 0.741. The molecule has 0 atom stereocenters. The zero-order valence-electron chi connectivity index (χ0n) is 10.2. The molecular weight excluding hydrogens is 310 g/mol. The molecule has 0 unspecified atom stereocenters. The predicted molar refractivity (Wildman–Crippen MR) is 52.8 cm³/mol. The highest BCUT2D eigenvalue weighted by Gasteiger charge is 2.40. The summed E-state index contributed by atoms with van der Waals surface area (Å²) in [6.45, 7) is -2.67. The van der Waals surface area contributed by atoms with Gasteiger partial charge in [-0.15, -0.1) is 10.2 Å². The summed E-state index contributed by atoms with van der Waals surface area (Å²) in [6.07, 6.45) is -10.6. The molecular formula is C9H8F6N4O2. The Morgan fingerprint density at radius 2 is 1.81 bits per heavy atom. The molecule has 0 fully saturated rings. The van der Waals surface area contributed by atoms with Crippen molar-refractivity contribution in [2.45, 2.75) is 25.4 Å². The first-order valence-electron chi connectivity index (χ1n) is 5.55. The van der Waals surface area contributed by atoms with Gasteiger partial charge in [0.25, 0.3) is 0 Å². The van der Waals surface area contributed by atoms with Crippen LogP contribution in [0.2, 0.25) is 0 Å². The van der Waals surface area contributed by atoms with E-state index in [1.54, 1.807) is 0 Å². The van der Waals surface area contributed by atoms with Gasteiger partial charge in [0.15, 0.2) is 12.4 Å². The number of amides is 1. The Labute approximate surface area is 113 Å². The number of hydrogen-bond acceptors (Lipinski definition) is 4. The third-order valence-corrected chi connectivity index (χ3v) is 2.62. The van der Waals surface area contributed by atoms with Gasteiger partial charge < -0.3 is 9.30 Å². The smallest absolute Gasteiger partial charge is 0.440 e. The number of hydrogen-bond donors (Lipinski definition) is 0. The first-order chi connectivity index (χ1) is 9.58. The Balaban J connectivity index is 2.04. The van der Waals surface area contributed by atoms with Crippen molar-refractivity contribution in [3.05, 3.63) is 11.6 Å². The predicted octanol–water partition coefficient (Wildman–Crippen LogP) is 1.81. The van der Waals surface area contributed by atoms with Crippen molar-refractivity contribution in [3.8, 4) is 0 Å². The second kappa shape index (κ2) is 5.07. The lowest BCUT2D eigenvalue weighted by molar-refractivity contribution is -0.163. The summed E-state index contributed by atoms with van der Waals surface area (Å²) < 4.78 is 78.2. The lowest BCUT2D eigenvalue weighted by Gasteiger charge is -2.27. The summed E-state index contributed by atoms with van der Waals surface area (Å²) in [5.41, 5.74) is 0. The van der Waals surface area contributed by atoms with E-state index in [9.17, 15) is 31.1 Å². The Kier molecular flexibility index (Phi) is 3.72. The van der Waals surface area contributed by atoms with Crippen molar-refractivity contribution in [1.82, 2.24) is 19.7 Å². The van der Waals surface area contributed by atoms with Crippen LogP contribution in [0.25, 0.3) is 0 Å². The molecule has 1 aliphatic rings. The molecule has 12 heteroatoms. The fourth-order valence-corrected chi connectivity index (χ4v) is 1.76. The molecule has 0 saturated carbocycles. The molecule has 1 amide bonds. The third-order valence-electron chi connectivity index (χ3n) is 2.62. The number of aromatic nitrogens is 3. The van der Waals surface area contributed by atoms with Gasteiger partial charge in [0.2, 0.25) is 5.82 Å². The van der Waals surface area contributed by atoms with Gasteiger partial charge in [0, 0.05) is 13.1 Å². The molecule has 1 aliphatic heterocycles. The fraction of sp³-hybridized carbons (Fsp3) is 0.667. The minimum Gasteiger partial charge on any atom is -0.440 e. The van der Waals surface area contributed by atoms with Crippen LogP contribution in [0.3, 0.4) is 0 Å². The van der Waals surface area contributed by atoms with E-state index in [-0.39, 0.29) is 18.9 Å². The molecule has 2 heterocycles. The Morgan fingerprint density at radius 1 is 1.14 bits per heavy atom. The fourth-order valence-electron chi connectivity index (χ4n) is 1.76. The van der Waals surface area contributed by atoms with Crippen LogP contribution in [0.1, 0.15) is 11.6 Å². The normalized spacial score (nSPS) is 15.8. The molecule has 1 aromatic heterocycles. The van der Waals surface area contributed by atoms with Crippen LogP contribution in [0.5, 0.6) is 0 Å². The number of nitrogens with zero attached hydrogens (tertiary/aromatic N) is 4. The van der Waals surface area contributed by atoms with Crippen LogP contribution in [-0.4, -0.2) is 45.1 Å². The van der Waals surface area contributed by atoms with Gasteiger partial charge in [-0.05, 0) is 0 Å². The average Bonchev–Trinajstić information content (AvgIpc) is 2.77. The zero-order valence-corrected chi connectivity index (χ0v) is 10.2. The number of carbonyl (C=O) groups is 1. The molecule has 0 saturated heterocycles. The van der Waals surface area contributed by atoms with Gasteiger partial charge in [-0.1, -0.05) is 0 Å². The first kappa shape index (κ1) is 15.4. The Hall–Kier alpha value is -2.01. The van der Waals surface area contributed by atoms with E-state index in [1.165, 1.54) is 0 Å². The van der Waals surface area contributed by atoms with Gasteiger partial charge in [-0.2, -0.15) is 26.3 Å². The monoisotopic (exact) mass is 318 g/mol. The molecule has 1 aromatic rings. The second-order valence-corrected chi connectivity index (χ2v) is 4.18. The van der Waals surface area contributed by atoms with Crippen molar-refractivity contribution < 1.29 is 35.9 Å². The largest absolute Gasteiger partial charge is 0.451 e. The van der Waals surface area contributed by atoms with Crippen molar-refractivity contribution >= 4 is 6.09 Å². The van der Waals surface area contributed by atoms with E-state index in [1.807, 2.05) is 0 Å². The van der Waals surface area contributed by atoms with Crippen molar-refractivity contribution in [3.63, 3.8) is 0 Å². The molecule has 0 aromatic carbocycles. The molecule has 0 aliphatic carbocycles. The zero-order chi connectivity index (χ0) is 15.8. The highest BCUT2D eigenvalue weighted by Crippen LogP contribution is 2.29. The molecule has 2 rings (SSSR count). The summed E-state index contributed by atoms with van der Waals surface area (Å²) in [7, 11) is 0. The summed E-state index contributed by atoms with van der Waals surface area (Å²) >= 11 is 0. The van der Waals surface area contributed by atoms with Crippen molar-refractivity contribution in [1.29, 1.82) is 0 Å². The van der Waals surface area contributed by atoms with E-state index in [2.05, 4.69) is 14.9 Å². The molecule has 0 N–H and O–H groups in total. The van der Waals surface area contributed by atoms with Crippen LogP contribution in [0.15, 0.2) is 0 Å². The Bertz CT molecular complexity index is 537. The van der Waals surface area contributed by atoms with Crippen LogP contribution in [-0.2, 0) is 24.0 Å². The van der Waals surface area contributed by atoms with Gasteiger partial charge in [-0.25, -0.2) is 4.79 Å². The SMILES string of the molecule is O=C(OCC(F)(F)F)N1CCn2c(nnc2C(F)(F)F)C1. The van der Waals surface area contributed by atoms with Crippen LogP contribution in [0, 0.1) is 0 Å². The molecule has 118 valence electrons. The third kappa shape index (κ3) is 3.55. The maximum absolute atomic E-state index is 12.6. The number of halogens is 6. The van der Waals surface area contributed by atoms with Gasteiger partial charge in [0.1, 0.15) is 0 Å². The number of ether oxygens (including phenoxy) is 1. The van der Waals surface area contributed by atoms with E-state index >= 15 is 0 Å². The first-order valence-corrected chi connectivity index (χ1v) is 5.55. The maximum Gasteiger partial charge on any atom is 0.451 e. The minimum absolute atomic E-state index is 0.169. The van der Waals surface area contributed by atoms with E-state index in [0.717, 1.165) is 9.47 Å². The molecule has 21 heavy (non-hydrogen) atoms. The molecule has 6 nitrogen and oxygen atoms in total. The van der Waals surface area contributed by atoms with Crippen molar-refractivity contribution in [2.24, 2.45) is 0 Å². The topological polar surface area (TPSA) is 60.2 Å². The standard InChI is InChI=1S/C9H8F6N4O2/c10-8(11,12)4-21-7(20)18-1-2-19-5(3-18)16-17-6(19)9(13,14)15/h1-4H2. The van der Waals surface area contributed by atoms with Gasteiger partial charge in [0.05, 0.1) is 6.54 Å². The average molecular weight is 318 g/mol. The number of alkyl halides is 6. The summed E-state index contributed by atoms with van der Waals surface area (Å²) in [6, 6.07) is 0. The van der Waals surface area contributed by atoms with Gasteiger partial charge in [-0.3, -0.25) is 4.90 Å². The van der Waals surface area contributed by atoms with Gasteiger partial charge >= 0.3 is 18.4 Å². The van der Waals surface area contributed by atoms with Crippen LogP contribution >= 0.6 is 0 Å². The van der Waals surface area contributed by atoms with E-state index in [4.69, 9.17) is 0 Å². The lowest BCUT2D eigenvalue weighted by Crippen LogP contribution is -2.40. The van der Waals surface area contributed by atoms with Crippen molar-refractivity contribution in [2.75, 3.05) is 13.2 Å². The highest BCUT2D eigenvalue weighted by molar-refractivity contribution is 5.67. The molecule has 0 bridgehead atoms. The highest BCUT2D eigenvalue weighted by atomic mass is 19.4. The summed E-state index contributed by atoms with van der Waals surface area (Å²) in [5, 5.41) is 6.26. The number of carbonyl (C=O) groups excluding carboxylic acids is 1. The second-order valence-electron chi connectivity index (χ2n) is 4.18. The number of fused-ring (bicyclic) bond motifs is 1. The minimum atomic E-state index is -4.69. The maximum atomic E-state index is 12.6. The summed E-state index contributed by atoms with van der Waals surface area (Å²) in [5.74, 6) is -1.38. The van der Waals surface area contributed by atoms with Crippen LogP contribution < -0.4 is 0 Å². The van der Waals surface area contributed by atoms with E-state index < -0.39 is 37.4 Å². The molecule has 0 radical (unpaired) electrons. The molecule has 0 spiro atoms. The number of rotatable bonds is 1. The van der Waals surface area contributed by atoms with Crippen LogP contribution in [0.4, 0.5) is 31.1 Å². The van der Waals surface area contributed by atoms with E-state index in [0.29, 0.717) is 0 Å². The lowest BCUT2D eigenvalue weighted by atomic mass is 10.3. The summed E-state index contributed by atoms with van der Waals surface area (Å²) in [4.78, 5) is 12.2.